The topological polar surface area (TPSA) is 15.3 Å². The second kappa shape index (κ2) is 6.55. The van der Waals surface area contributed by atoms with E-state index in [0.29, 0.717) is 12.0 Å². The summed E-state index contributed by atoms with van der Waals surface area (Å²) in [5, 5.41) is 4.23. The van der Waals surface area contributed by atoms with E-state index in [1.807, 2.05) is 19.2 Å². The summed E-state index contributed by atoms with van der Waals surface area (Å²) in [5.41, 5.74) is 1.30. The van der Waals surface area contributed by atoms with E-state index in [2.05, 4.69) is 29.3 Å². The zero-order chi connectivity index (χ0) is 13.0. The van der Waals surface area contributed by atoms with E-state index in [9.17, 15) is 0 Å². The molecule has 1 N–H and O–H groups in total. The lowest BCUT2D eigenvalue weighted by Gasteiger charge is -2.29. The first-order valence-electron chi connectivity index (χ1n) is 6.91. The van der Waals surface area contributed by atoms with Crippen LogP contribution >= 0.6 is 11.6 Å². The number of rotatable bonds is 5. The highest BCUT2D eigenvalue weighted by Gasteiger charge is 2.35. The highest BCUT2D eigenvalue weighted by molar-refractivity contribution is 6.31. The van der Waals surface area contributed by atoms with Crippen LogP contribution in [-0.2, 0) is 0 Å². The number of benzene rings is 1. The third kappa shape index (κ3) is 2.87. The molecule has 0 saturated carbocycles. The molecule has 1 aliphatic rings. The summed E-state index contributed by atoms with van der Waals surface area (Å²) in [6, 6.07) is 8.78. The van der Waals surface area contributed by atoms with Crippen LogP contribution in [0.3, 0.4) is 0 Å². The minimum atomic E-state index is 0.478. The molecule has 1 aliphatic heterocycles. The Kier molecular flexibility index (Phi) is 5.04. The van der Waals surface area contributed by atoms with Gasteiger partial charge in [-0.15, -0.1) is 0 Å². The fraction of sp³-hybridized carbons (Fsp3) is 0.600. The quantitative estimate of drug-likeness (QED) is 0.880. The summed E-state index contributed by atoms with van der Waals surface area (Å²) < 4.78 is 0. The molecule has 0 aliphatic carbocycles. The van der Waals surface area contributed by atoms with Crippen LogP contribution in [0.25, 0.3) is 0 Å². The highest BCUT2D eigenvalue weighted by Crippen LogP contribution is 2.39. The second-order valence-electron chi connectivity index (χ2n) is 5.11. The molecular formula is C15H23ClN2. The lowest BCUT2D eigenvalue weighted by Crippen LogP contribution is -2.30. The Morgan fingerprint density at radius 2 is 2.17 bits per heavy atom. The zero-order valence-electron chi connectivity index (χ0n) is 11.3. The van der Waals surface area contributed by atoms with Gasteiger partial charge in [-0.2, -0.15) is 0 Å². The van der Waals surface area contributed by atoms with Crippen molar-refractivity contribution in [2.45, 2.75) is 25.8 Å². The van der Waals surface area contributed by atoms with Crippen molar-refractivity contribution in [1.82, 2.24) is 10.2 Å². The number of nitrogens with zero attached hydrogens (tertiary/aromatic N) is 1. The Balaban J connectivity index is 2.25. The van der Waals surface area contributed by atoms with E-state index in [4.69, 9.17) is 11.6 Å². The first kappa shape index (κ1) is 13.9. The summed E-state index contributed by atoms with van der Waals surface area (Å²) in [5.74, 6) is 0.668. The molecule has 3 heteroatoms. The van der Waals surface area contributed by atoms with E-state index in [-0.39, 0.29) is 0 Å². The number of likely N-dealkylation sites (tertiary alicyclic amines) is 1. The molecule has 0 spiro atoms. The predicted molar refractivity (Wildman–Crippen MR) is 78.1 cm³/mol. The molecule has 0 bridgehead atoms. The standard InChI is InChI=1S/C15H23ClN2/c1-3-9-18-10-8-12(11-17-2)15(18)13-6-4-5-7-14(13)16/h4-7,12,15,17H,3,8-11H2,1-2H3. The maximum Gasteiger partial charge on any atom is 0.0453 e. The second-order valence-corrected chi connectivity index (χ2v) is 5.52. The van der Waals surface area contributed by atoms with Gasteiger partial charge >= 0.3 is 0 Å². The monoisotopic (exact) mass is 266 g/mol. The largest absolute Gasteiger partial charge is 0.319 e. The molecule has 2 rings (SSSR count). The Morgan fingerprint density at radius 3 is 2.83 bits per heavy atom. The molecule has 1 heterocycles. The van der Waals surface area contributed by atoms with Gasteiger partial charge in [0.25, 0.3) is 0 Å². The molecule has 100 valence electrons. The van der Waals surface area contributed by atoms with E-state index in [1.165, 1.54) is 24.9 Å². The van der Waals surface area contributed by atoms with Crippen LogP contribution in [0, 0.1) is 5.92 Å². The molecule has 18 heavy (non-hydrogen) atoms. The molecule has 2 unspecified atom stereocenters. The van der Waals surface area contributed by atoms with Gasteiger partial charge in [-0.1, -0.05) is 36.7 Å². The predicted octanol–water partition coefficient (Wildman–Crippen LogP) is 3.33. The van der Waals surface area contributed by atoms with Crippen molar-refractivity contribution in [2.24, 2.45) is 5.92 Å². The Bertz CT molecular complexity index is 367. The van der Waals surface area contributed by atoms with Gasteiger partial charge in [-0.05, 0) is 57.1 Å². The van der Waals surface area contributed by atoms with Crippen LogP contribution in [0.2, 0.25) is 5.02 Å². The van der Waals surface area contributed by atoms with Crippen molar-refractivity contribution in [1.29, 1.82) is 0 Å². The molecule has 2 nitrogen and oxygen atoms in total. The van der Waals surface area contributed by atoms with Crippen molar-refractivity contribution < 1.29 is 0 Å². The molecule has 1 saturated heterocycles. The molecule has 0 radical (unpaired) electrons. The third-order valence-electron chi connectivity index (χ3n) is 3.83. The van der Waals surface area contributed by atoms with Gasteiger partial charge in [-0.3, -0.25) is 4.90 Å². The molecule has 1 aromatic rings. The van der Waals surface area contributed by atoms with Gasteiger partial charge in [0.15, 0.2) is 0 Å². The highest BCUT2D eigenvalue weighted by atomic mass is 35.5. The van der Waals surface area contributed by atoms with E-state index in [1.54, 1.807) is 0 Å². The van der Waals surface area contributed by atoms with Crippen LogP contribution in [0.1, 0.15) is 31.4 Å². The number of halogens is 1. The van der Waals surface area contributed by atoms with Crippen molar-refractivity contribution in [3.63, 3.8) is 0 Å². The summed E-state index contributed by atoms with van der Waals surface area (Å²) in [6.07, 6.45) is 2.46. The third-order valence-corrected chi connectivity index (χ3v) is 4.17. The Hall–Kier alpha value is -0.570. The van der Waals surface area contributed by atoms with E-state index < -0.39 is 0 Å². The maximum absolute atomic E-state index is 6.39. The Morgan fingerprint density at radius 1 is 1.39 bits per heavy atom. The Labute approximate surface area is 115 Å². The van der Waals surface area contributed by atoms with Gasteiger partial charge in [0.1, 0.15) is 0 Å². The van der Waals surface area contributed by atoms with Crippen molar-refractivity contribution in [2.75, 3.05) is 26.7 Å². The fourth-order valence-electron chi connectivity index (χ4n) is 3.11. The number of hydrogen-bond donors (Lipinski definition) is 1. The smallest absolute Gasteiger partial charge is 0.0453 e. The van der Waals surface area contributed by atoms with Crippen LogP contribution in [0.15, 0.2) is 24.3 Å². The molecule has 2 atom stereocenters. The maximum atomic E-state index is 6.39. The summed E-state index contributed by atoms with van der Waals surface area (Å²) in [7, 11) is 2.03. The average molecular weight is 267 g/mol. The van der Waals surface area contributed by atoms with E-state index >= 15 is 0 Å². The molecular weight excluding hydrogens is 244 g/mol. The van der Waals surface area contributed by atoms with Gasteiger partial charge in [0, 0.05) is 11.1 Å². The van der Waals surface area contributed by atoms with Crippen molar-refractivity contribution in [3.8, 4) is 0 Å². The fourth-order valence-corrected chi connectivity index (χ4v) is 3.35. The first-order chi connectivity index (χ1) is 8.77. The van der Waals surface area contributed by atoms with Crippen LogP contribution in [0.5, 0.6) is 0 Å². The van der Waals surface area contributed by atoms with Gasteiger partial charge in [0.2, 0.25) is 0 Å². The average Bonchev–Trinajstić information content (AvgIpc) is 2.74. The molecule has 0 amide bonds. The zero-order valence-corrected chi connectivity index (χ0v) is 12.1. The van der Waals surface area contributed by atoms with Crippen molar-refractivity contribution >= 4 is 11.6 Å². The SMILES string of the molecule is CCCN1CCC(CNC)C1c1ccccc1Cl. The molecule has 1 fully saturated rings. The van der Waals surface area contributed by atoms with Crippen LogP contribution in [0.4, 0.5) is 0 Å². The van der Waals surface area contributed by atoms with Crippen LogP contribution in [-0.4, -0.2) is 31.6 Å². The first-order valence-corrected chi connectivity index (χ1v) is 7.28. The van der Waals surface area contributed by atoms with Crippen LogP contribution < -0.4 is 5.32 Å². The minimum absolute atomic E-state index is 0.478. The van der Waals surface area contributed by atoms with Gasteiger partial charge in [-0.25, -0.2) is 0 Å². The number of hydrogen-bond acceptors (Lipinski definition) is 2. The summed E-state index contributed by atoms with van der Waals surface area (Å²) in [6.45, 7) is 5.66. The van der Waals surface area contributed by atoms with E-state index in [0.717, 1.165) is 18.1 Å². The lowest BCUT2D eigenvalue weighted by atomic mass is 9.93. The normalized spacial score (nSPS) is 24.6. The van der Waals surface area contributed by atoms with Crippen molar-refractivity contribution in [3.05, 3.63) is 34.9 Å². The lowest BCUT2D eigenvalue weighted by molar-refractivity contribution is 0.227. The number of nitrogens with one attached hydrogen (secondary N) is 1. The molecule has 0 aromatic heterocycles. The summed E-state index contributed by atoms with van der Waals surface area (Å²) >= 11 is 6.39. The summed E-state index contributed by atoms with van der Waals surface area (Å²) in [4.78, 5) is 2.59. The van der Waals surface area contributed by atoms with Gasteiger partial charge < -0.3 is 5.32 Å². The minimum Gasteiger partial charge on any atom is -0.319 e. The molecule has 1 aromatic carbocycles. The van der Waals surface area contributed by atoms with Gasteiger partial charge in [0.05, 0.1) is 0 Å².